The molecular formula is C28H24N2O5. The van der Waals surface area contributed by atoms with Crippen molar-refractivity contribution in [1.29, 1.82) is 0 Å². The van der Waals surface area contributed by atoms with Crippen LogP contribution in [0.5, 0.6) is 5.75 Å². The van der Waals surface area contributed by atoms with Crippen molar-refractivity contribution in [2.24, 2.45) is 5.92 Å². The number of amides is 1. The van der Waals surface area contributed by atoms with Crippen LogP contribution in [0.2, 0.25) is 0 Å². The van der Waals surface area contributed by atoms with Crippen LogP contribution in [0.1, 0.15) is 18.0 Å². The molecule has 6 rings (SSSR count). The number of nitrogens with zero attached hydrogens (tertiary/aromatic N) is 2. The van der Waals surface area contributed by atoms with Gasteiger partial charge in [0.2, 0.25) is 0 Å². The van der Waals surface area contributed by atoms with E-state index in [-0.39, 0.29) is 35.3 Å². The quantitative estimate of drug-likeness (QED) is 0.457. The Bertz CT molecular complexity index is 1540. The normalized spacial score (nSPS) is 18.8. The van der Waals surface area contributed by atoms with Crippen molar-refractivity contribution in [2.45, 2.75) is 18.9 Å². The van der Waals surface area contributed by atoms with Gasteiger partial charge in [0.05, 0.1) is 10.9 Å². The van der Waals surface area contributed by atoms with E-state index in [0.29, 0.717) is 41.9 Å². The Balaban J connectivity index is 1.16. The number of piperidine rings is 1. The van der Waals surface area contributed by atoms with Gasteiger partial charge >= 0.3 is 0 Å². The molecule has 0 N–H and O–H groups in total. The van der Waals surface area contributed by atoms with Crippen molar-refractivity contribution < 1.29 is 13.9 Å². The van der Waals surface area contributed by atoms with Gasteiger partial charge in [-0.25, -0.2) is 0 Å². The van der Waals surface area contributed by atoms with Crippen LogP contribution in [0.25, 0.3) is 22.1 Å². The average Bonchev–Trinajstić information content (AvgIpc) is 2.88. The standard InChI is InChI=1S/C28H24N2O5/c31-26-8-4-7-24-20-11-18(14-30(24)26)13-29(15-20)27(32)17-34-21-9-10-22-25(12-21)35-16-23(28(22)33)19-5-2-1-3-6-19/h1-10,12,16,18,20H,11,13-15,17H2/t18-,20+/m0/s1. The number of benzene rings is 2. The van der Waals surface area contributed by atoms with Gasteiger partial charge in [-0.05, 0) is 36.1 Å². The number of likely N-dealkylation sites (tertiary alicyclic amines) is 1. The highest BCUT2D eigenvalue weighted by Gasteiger charge is 2.36. The number of carbonyl (C=O) groups is 1. The summed E-state index contributed by atoms with van der Waals surface area (Å²) in [6.45, 7) is 1.75. The Hall–Kier alpha value is -4.13. The molecule has 1 amide bonds. The fraction of sp³-hybridized carbons (Fsp3) is 0.250. The number of aromatic nitrogens is 1. The molecule has 2 aliphatic heterocycles. The molecule has 4 heterocycles. The number of carbonyl (C=O) groups excluding carboxylic acids is 1. The zero-order valence-electron chi connectivity index (χ0n) is 19.1. The van der Waals surface area contributed by atoms with Crippen molar-refractivity contribution in [3.8, 4) is 16.9 Å². The lowest BCUT2D eigenvalue weighted by Gasteiger charge is -2.42. The molecule has 1 saturated heterocycles. The SMILES string of the molecule is O=C(COc1ccc2c(=O)c(-c3ccccc3)coc2c1)N1C[C@@H]2C[C@H](C1)c1cccc(=O)n1C2. The second-order valence-corrected chi connectivity index (χ2v) is 9.29. The lowest BCUT2D eigenvalue weighted by molar-refractivity contribution is -0.136. The van der Waals surface area contributed by atoms with E-state index >= 15 is 0 Å². The fourth-order valence-electron chi connectivity index (χ4n) is 5.35. The molecule has 2 aromatic carbocycles. The second kappa shape index (κ2) is 8.58. The molecule has 2 bridgehead atoms. The van der Waals surface area contributed by atoms with E-state index in [1.54, 1.807) is 30.3 Å². The van der Waals surface area contributed by atoms with Gasteiger partial charge in [0.1, 0.15) is 17.6 Å². The largest absolute Gasteiger partial charge is 0.484 e. The van der Waals surface area contributed by atoms with Crippen LogP contribution in [0, 0.1) is 5.92 Å². The Labute approximate surface area is 201 Å². The first-order chi connectivity index (χ1) is 17.1. The maximum absolute atomic E-state index is 13.0. The third-order valence-electron chi connectivity index (χ3n) is 7.03. The highest BCUT2D eigenvalue weighted by Crippen LogP contribution is 2.35. The predicted octanol–water partition coefficient (Wildman–Crippen LogP) is 3.65. The fourth-order valence-corrected chi connectivity index (χ4v) is 5.35. The zero-order chi connectivity index (χ0) is 23.9. The maximum atomic E-state index is 13.0. The number of pyridine rings is 1. The summed E-state index contributed by atoms with van der Waals surface area (Å²) in [4.78, 5) is 39.9. The molecule has 0 saturated carbocycles. The van der Waals surface area contributed by atoms with Crippen LogP contribution in [-0.2, 0) is 11.3 Å². The molecule has 0 spiro atoms. The molecule has 176 valence electrons. The molecule has 2 aromatic heterocycles. The average molecular weight is 469 g/mol. The summed E-state index contributed by atoms with van der Waals surface area (Å²) in [5, 5.41) is 0.461. The Morgan fingerprint density at radius 2 is 1.83 bits per heavy atom. The van der Waals surface area contributed by atoms with Gasteiger partial charge in [0.15, 0.2) is 12.0 Å². The third-order valence-corrected chi connectivity index (χ3v) is 7.03. The van der Waals surface area contributed by atoms with E-state index in [0.717, 1.165) is 17.7 Å². The van der Waals surface area contributed by atoms with Crippen molar-refractivity contribution in [2.75, 3.05) is 19.7 Å². The smallest absolute Gasteiger partial charge is 0.260 e. The summed E-state index contributed by atoms with van der Waals surface area (Å²) in [5.41, 5.74) is 2.63. The molecule has 1 fully saturated rings. The monoisotopic (exact) mass is 468 g/mol. The summed E-state index contributed by atoms with van der Waals surface area (Å²) in [6, 6.07) is 19.8. The third kappa shape index (κ3) is 3.93. The van der Waals surface area contributed by atoms with E-state index in [1.165, 1.54) is 6.26 Å². The first kappa shape index (κ1) is 21.4. The van der Waals surface area contributed by atoms with Crippen molar-refractivity contribution in [3.63, 3.8) is 0 Å². The predicted molar refractivity (Wildman–Crippen MR) is 132 cm³/mol. The van der Waals surface area contributed by atoms with Gasteiger partial charge in [0.25, 0.3) is 11.5 Å². The molecule has 2 aliphatic rings. The lowest BCUT2D eigenvalue weighted by Crippen LogP contribution is -2.50. The van der Waals surface area contributed by atoms with Crippen molar-refractivity contribution >= 4 is 16.9 Å². The first-order valence-corrected chi connectivity index (χ1v) is 11.8. The molecule has 4 aromatic rings. The van der Waals surface area contributed by atoms with Gasteiger partial charge in [-0.3, -0.25) is 14.4 Å². The number of fused-ring (bicyclic) bond motifs is 5. The van der Waals surface area contributed by atoms with E-state index in [9.17, 15) is 14.4 Å². The van der Waals surface area contributed by atoms with Gasteiger partial charge in [-0.2, -0.15) is 0 Å². The van der Waals surface area contributed by atoms with Crippen LogP contribution in [0.3, 0.4) is 0 Å². The van der Waals surface area contributed by atoms with Crippen LogP contribution in [-0.4, -0.2) is 35.1 Å². The highest BCUT2D eigenvalue weighted by atomic mass is 16.5. The molecule has 0 unspecified atom stereocenters. The van der Waals surface area contributed by atoms with Crippen LogP contribution >= 0.6 is 0 Å². The molecular weight excluding hydrogens is 444 g/mol. The van der Waals surface area contributed by atoms with Gasteiger partial charge in [-0.1, -0.05) is 36.4 Å². The topological polar surface area (TPSA) is 81.8 Å². The van der Waals surface area contributed by atoms with Gasteiger partial charge in [-0.15, -0.1) is 0 Å². The molecule has 35 heavy (non-hydrogen) atoms. The van der Waals surface area contributed by atoms with E-state index < -0.39 is 0 Å². The van der Waals surface area contributed by atoms with Gasteiger partial charge < -0.3 is 18.6 Å². The number of hydrogen-bond donors (Lipinski definition) is 0. The summed E-state index contributed by atoms with van der Waals surface area (Å²) in [7, 11) is 0. The van der Waals surface area contributed by atoms with Crippen molar-refractivity contribution in [3.05, 3.63) is 99.3 Å². The minimum absolute atomic E-state index is 0.0270. The Morgan fingerprint density at radius 3 is 2.69 bits per heavy atom. The lowest BCUT2D eigenvalue weighted by atomic mass is 9.83. The molecule has 0 radical (unpaired) electrons. The molecule has 7 heteroatoms. The number of hydrogen-bond acceptors (Lipinski definition) is 5. The van der Waals surface area contributed by atoms with Gasteiger partial charge in [0, 0.05) is 43.4 Å². The summed E-state index contributed by atoms with van der Waals surface area (Å²) in [6.07, 6.45) is 2.45. The summed E-state index contributed by atoms with van der Waals surface area (Å²) in [5.74, 6) is 0.802. The highest BCUT2D eigenvalue weighted by molar-refractivity contribution is 5.83. The van der Waals surface area contributed by atoms with Crippen molar-refractivity contribution in [1.82, 2.24) is 9.47 Å². The first-order valence-electron chi connectivity index (χ1n) is 11.8. The molecule has 2 atom stereocenters. The number of ether oxygens (including phenoxy) is 1. The maximum Gasteiger partial charge on any atom is 0.260 e. The Morgan fingerprint density at radius 1 is 0.971 bits per heavy atom. The van der Waals surface area contributed by atoms with Crippen LogP contribution in [0.4, 0.5) is 0 Å². The van der Waals surface area contributed by atoms with E-state index in [1.807, 2.05) is 45.9 Å². The minimum atomic E-state index is -0.112. The molecule has 7 nitrogen and oxygen atoms in total. The van der Waals surface area contributed by atoms with Crippen LogP contribution in [0.15, 0.2) is 87.0 Å². The van der Waals surface area contributed by atoms with Crippen LogP contribution < -0.4 is 15.7 Å². The summed E-state index contributed by atoms with van der Waals surface area (Å²) < 4.78 is 13.4. The molecule has 0 aliphatic carbocycles. The van der Waals surface area contributed by atoms with E-state index in [2.05, 4.69) is 0 Å². The minimum Gasteiger partial charge on any atom is -0.484 e. The Kier molecular flexibility index (Phi) is 5.25. The second-order valence-electron chi connectivity index (χ2n) is 9.29. The van der Waals surface area contributed by atoms with E-state index in [4.69, 9.17) is 9.15 Å². The zero-order valence-corrected chi connectivity index (χ0v) is 19.1. The summed E-state index contributed by atoms with van der Waals surface area (Å²) >= 11 is 0. The number of rotatable bonds is 4.